The number of alkyl halides is 3. The number of nitrogen functional groups attached to an aromatic ring is 1. The highest BCUT2D eigenvalue weighted by atomic mass is 19.4. The summed E-state index contributed by atoms with van der Waals surface area (Å²) in [7, 11) is 0. The Morgan fingerprint density at radius 1 is 1.19 bits per heavy atom. The van der Waals surface area contributed by atoms with Crippen molar-refractivity contribution < 1.29 is 22.4 Å². The maximum absolute atomic E-state index is 12.7. The number of rotatable bonds is 5. The van der Waals surface area contributed by atoms with E-state index in [9.17, 15) is 13.2 Å². The van der Waals surface area contributed by atoms with Gasteiger partial charge in [-0.05, 0) is 18.1 Å². The van der Waals surface area contributed by atoms with Crippen LogP contribution < -0.4 is 20.3 Å². The van der Waals surface area contributed by atoms with Gasteiger partial charge in [-0.15, -0.1) is 0 Å². The predicted octanol–water partition coefficient (Wildman–Crippen LogP) is 2.15. The van der Waals surface area contributed by atoms with Crippen molar-refractivity contribution in [2.75, 3.05) is 35.2 Å². The van der Waals surface area contributed by atoms with Gasteiger partial charge in [-0.2, -0.15) is 18.2 Å². The molecule has 0 saturated carbocycles. The zero-order chi connectivity index (χ0) is 22.0. The number of ether oxygens (including phenoxy) is 1. The fourth-order valence-corrected chi connectivity index (χ4v) is 3.16. The van der Waals surface area contributed by atoms with Gasteiger partial charge in [0.1, 0.15) is 6.61 Å². The number of halogens is 3. The summed E-state index contributed by atoms with van der Waals surface area (Å²) in [6, 6.07) is 1.68. The van der Waals surface area contributed by atoms with Crippen LogP contribution in [-0.2, 0) is 12.8 Å². The molecule has 4 heterocycles. The van der Waals surface area contributed by atoms with Gasteiger partial charge in [0.2, 0.25) is 5.95 Å². The molecule has 1 saturated heterocycles. The molecule has 1 fully saturated rings. The molecule has 164 valence electrons. The summed E-state index contributed by atoms with van der Waals surface area (Å²) in [5, 5.41) is 3.44. The first-order valence-electron chi connectivity index (χ1n) is 9.37. The lowest BCUT2D eigenvalue weighted by Gasteiger charge is -2.39. The molecule has 0 spiro atoms. The minimum absolute atomic E-state index is 0.0844. The van der Waals surface area contributed by atoms with E-state index in [1.807, 2.05) is 11.8 Å². The lowest BCUT2D eigenvalue weighted by Crippen LogP contribution is -2.53. The normalized spacial score (nSPS) is 17.1. The van der Waals surface area contributed by atoms with Gasteiger partial charge in [0.25, 0.3) is 5.95 Å². The molecule has 2 N–H and O–H groups in total. The molecule has 0 aromatic carbocycles. The summed E-state index contributed by atoms with van der Waals surface area (Å²) < 4.78 is 48.0. The molecule has 4 rings (SSSR count). The van der Waals surface area contributed by atoms with Crippen molar-refractivity contribution in [3.8, 4) is 5.75 Å². The van der Waals surface area contributed by atoms with Gasteiger partial charge in [-0.3, -0.25) is 4.98 Å². The number of hydrogen-bond acceptors (Lipinski definition) is 10. The van der Waals surface area contributed by atoms with E-state index >= 15 is 0 Å². The van der Waals surface area contributed by atoms with Gasteiger partial charge < -0.3 is 24.8 Å². The van der Waals surface area contributed by atoms with Crippen molar-refractivity contribution in [3.63, 3.8) is 0 Å². The third-order valence-corrected chi connectivity index (χ3v) is 4.78. The van der Waals surface area contributed by atoms with Gasteiger partial charge in [-0.25, -0.2) is 9.97 Å². The van der Waals surface area contributed by atoms with Crippen LogP contribution in [0.5, 0.6) is 5.75 Å². The molecule has 0 amide bonds. The summed E-state index contributed by atoms with van der Waals surface area (Å²) in [6.45, 7) is 3.43. The second kappa shape index (κ2) is 8.24. The Hall–Kier alpha value is -3.64. The molecule has 0 unspecified atom stereocenters. The maximum atomic E-state index is 12.7. The molecule has 13 heteroatoms. The summed E-state index contributed by atoms with van der Waals surface area (Å²) in [6.07, 6.45) is 1.65. The van der Waals surface area contributed by atoms with Crippen LogP contribution in [0.25, 0.3) is 0 Å². The number of hydrogen-bond donors (Lipinski definition) is 1. The Morgan fingerprint density at radius 2 is 1.97 bits per heavy atom. The van der Waals surface area contributed by atoms with Crippen LogP contribution in [0.3, 0.4) is 0 Å². The zero-order valence-electron chi connectivity index (χ0n) is 16.5. The highest BCUT2D eigenvalue weighted by Crippen LogP contribution is 2.29. The lowest BCUT2D eigenvalue weighted by atomic mass is 10.2. The highest BCUT2D eigenvalue weighted by molar-refractivity contribution is 5.43. The first kappa shape index (κ1) is 20.6. The van der Waals surface area contributed by atoms with Gasteiger partial charge in [0, 0.05) is 37.4 Å². The zero-order valence-corrected chi connectivity index (χ0v) is 16.5. The van der Waals surface area contributed by atoms with E-state index < -0.39 is 12.1 Å². The van der Waals surface area contributed by atoms with E-state index in [1.54, 1.807) is 35.8 Å². The van der Waals surface area contributed by atoms with Crippen molar-refractivity contribution in [2.45, 2.75) is 25.7 Å². The molecule has 1 aliphatic rings. The van der Waals surface area contributed by atoms with E-state index in [1.165, 1.54) is 0 Å². The Labute approximate surface area is 174 Å². The molecule has 0 radical (unpaired) electrons. The molecule has 3 aromatic heterocycles. The monoisotopic (exact) mass is 436 g/mol. The van der Waals surface area contributed by atoms with Crippen LogP contribution in [-0.4, -0.2) is 50.8 Å². The lowest BCUT2D eigenvalue weighted by molar-refractivity contribution is -0.159. The SMILES string of the molecule is C[C@@H]1CN(c2noc(C(F)(F)F)n2)CCN1c1ncc(OCc2ccncc2N)cn1. The third kappa shape index (κ3) is 4.59. The molecule has 1 atom stereocenters. The van der Waals surface area contributed by atoms with Crippen molar-refractivity contribution in [1.29, 1.82) is 0 Å². The van der Waals surface area contributed by atoms with E-state index in [2.05, 4.69) is 29.6 Å². The quantitative estimate of drug-likeness (QED) is 0.637. The third-order valence-electron chi connectivity index (χ3n) is 4.78. The topological polar surface area (TPSA) is 119 Å². The first-order valence-corrected chi connectivity index (χ1v) is 9.37. The van der Waals surface area contributed by atoms with E-state index in [-0.39, 0.29) is 18.6 Å². The highest BCUT2D eigenvalue weighted by Gasteiger charge is 2.39. The number of nitrogens with zero attached hydrogens (tertiary/aromatic N) is 7. The van der Waals surface area contributed by atoms with E-state index in [0.29, 0.717) is 37.0 Å². The van der Waals surface area contributed by atoms with Crippen LogP contribution in [0.4, 0.5) is 30.8 Å². The van der Waals surface area contributed by atoms with Gasteiger partial charge >= 0.3 is 12.1 Å². The summed E-state index contributed by atoms with van der Waals surface area (Å²) in [5.74, 6) is -0.464. The molecule has 1 aliphatic heterocycles. The molecule has 0 aliphatic carbocycles. The van der Waals surface area contributed by atoms with Crippen molar-refractivity contribution >= 4 is 17.6 Å². The Balaban J connectivity index is 1.36. The largest absolute Gasteiger partial charge is 0.486 e. The average Bonchev–Trinajstić information content (AvgIpc) is 3.25. The second-order valence-electron chi connectivity index (χ2n) is 6.97. The van der Waals surface area contributed by atoms with Crippen LogP contribution >= 0.6 is 0 Å². The summed E-state index contributed by atoms with van der Waals surface area (Å²) in [4.78, 5) is 19.7. The number of piperazine rings is 1. The number of nitrogens with two attached hydrogens (primary N) is 1. The van der Waals surface area contributed by atoms with Crippen LogP contribution in [0.1, 0.15) is 18.4 Å². The second-order valence-corrected chi connectivity index (χ2v) is 6.97. The number of anilines is 3. The predicted molar refractivity (Wildman–Crippen MR) is 103 cm³/mol. The van der Waals surface area contributed by atoms with Gasteiger partial charge in [-0.1, -0.05) is 0 Å². The van der Waals surface area contributed by atoms with Gasteiger partial charge in [0.05, 0.1) is 24.3 Å². The minimum atomic E-state index is -4.67. The van der Waals surface area contributed by atoms with Crippen molar-refractivity contribution in [1.82, 2.24) is 25.1 Å². The van der Waals surface area contributed by atoms with Crippen LogP contribution in [0.2, 0.25) is 0 Å². The Bertz CT molecular complexity index is 1030. The van der Waals surface area contributed by atoms with Crippen molar-refractivity contribution in [3.05, 3.63) is 42.3 Å². The molecule has 31 heavy (non-hydrogen) atoms. The number of aromatic nitrogens is 5. The smallest absolute Gasteiger partial charge is 0.471 e. The fraction of sp³-hybridized carbons (Fsp3) is 0.389. The summed E-state index contributed by atoms with van der Waals surface area (Å²) in [5.41, 5.74) is 7.18. The Morgan fingerprint density at radius 3 is 2.61 bits per heavy atom. The van der Waals surface area contributed by atoms with E-state index in [4.69, 9.17) is 10.5 Å². The number of pyridine rings is 1. The fourth-order valence-electron chi connectivity index (χ4n) is 3.16. The maximum Gasteiger partial charge on any atom is 0.471 e. The molecular weight excluding hydrogens is 417 g/mol. The van der Waals surface area contributed by atoms with Crippen LogP contribution in [0, 0.1) is 0 Å². The van der Waals surface area contributed by atoms with E-state index in [0.717, 1.165) is 5.56 Å². The Kier molecular flexibility index (Phi) is 5.48. The molecular formula is C18H19F3N8O2. The first-order chi connectivity index (χ1) is 14.8. The molecule has 0 bridgehead atoms. The van der Waals surface area contributed by atoms with Crippen LogP contribution in [0.15, 0.2) is 35.4 Å². The minimum Gasteiger partial charge on any atom is -0.486 e. The van der Waals surface area contributed by atoms with Crippen molar-refractivity contribution in [2.24, 2.45) is 0 Å². The molecule has 10 nitrogen and oxygen atoms in total. The summed E-state index contributed by atoms with van der Waals surface area (Å²) >= 11 is 0. The molecule has 3 aromatic rings. The average molecular weight is 436 g/mol. The standard InChI is InChI=1S/C18H19F3N8O2/c1-11-9-28(17-26-15(31-27-17)18(19,20)21)4-5-29(11)16-24-6-13(7-25-16)30-10-12-2-3-23-8-14(12)22/h2-3,6-8,11H,4-5,9-10,22H2,1H3/t11-/m1/s1. The van der Waals surface area contributed by atoms with Gasteiger partial charge in [0.15, 0.2) is 5.75 Å².